The fraction of sp³-hybridized carbons (Fsp3) is 0.259. The third-order valence-electron chi connectivity index (χ3n) is 5.92. The number of carbonyl (C=O) groups is 2. The molecule has 0 aliphatic heterocycles. The number of amides is 2. The molecule has 0 aliphatic rings. The van der Waals surface area contributed by atoms with Gasteiger partial charge in [0.25, 0.3) is 10.0 Å². The summed E-state index contributed by atoms with van der Waals surface area (Å²) in [5, 5.41) is 2.95. The van der Waals surface area contributed by atoms with E-state index in [0.717, 1.165) is 9.87 Å². The van der Waals surface area contributed by atoms with Gasteiger partial charge in [-0.2, -0.15) is 0 Å². The minimum atomic E-state index is -4.22. The number of hydrogen-bond donors (Lipinski definition) is 1. The van der Waals surface area contributed by atoms with E-state index in [-0.39, 0.29) is 27.2 Å². The van der Waals surface area contributed by atoms with Crippen molar-refractivity contribution in [3.63, 3.8) is 0 Å². The van der Waals surface area contributed by atoms with Crippen molar-refractivity contribution in [2.24, 2.45) is 0 Å². The van der Waals surface area contributed by atoms with Gasteiger partial charge in [-0.05, 0) is 61.9 Å². The zero-order valence-electron chi connectivity index (χ0n) is 21.4. The number of benzene rings is 3. The van der Waals surface area contributed by atoms with Crippen LogP contribution in [0.2, 0.25) is 10.0 Å². The summed E-state index contributed by atoms with van der Waals surface area (Å²) in [5.41, 5.74) is 1.69. The van der Waals surface area contributed by atoms with Crippen molar-refractivity contribution >= 4 is 50.7 Å². The fourth-order valence-corrected chi connectivity index (χ4v) is 5.72. The average molecular weight is 579 g/mol. The van der Waals surface area contributed by atoms with E-state index in [0.29, 0.717) is 11.3 Å². The van der Waals surface area contributed by atoms with E-state index >= 15 is 0 Å². The van der Waals surface area contributed by atoms with Crippen LogP contribution in [0.25, 0.3) is 0 Å². The van der Waals surface area contributed by atoms with Gasteiger partial charge in [0.1, 0.15) is 18.3 Å². The Morgan fingerprint density at radius 1 is 1.00 bits per heavy atom. The Bertz CT molecular complexity index is 1390. The summed E-state index contributed by atoms with van der Waals surface area (Å²) in [7, 11) is -1.23. The van der Waals surface area contributed by atoms with Gasteiger partial charge in [0, 0.05) is 23.6 Å². The third-order valence-corrected chi connectivity index (χ3v) is 8.15. The summed E-state index contributed by atoms with van der Waals surface area (Å²) in [6.07, 6.45) is 0. The van der Waals surface area contributed by atoms with Crippen LogP contribution in [-0.4, -0.2) is 51.9 Å². The van der Waals surface area contributed by atoms with Crippen LogP contribution in [-0.2, 0) is 26.2 Å². The highest BCUT2D eigenvalue weighted by Crippen LogP contribution is 2.30. The number of hydrogen-bond acceptors (Lipinski definition) is 5. The molecule has 3 aromatic carbocycles. The predicted octanol–water partition coefficient (Wildman–Crippen LogP) is 4.67. The summed E-state index contributed by atoms with van der Waals surface area (Å²) in [6, 6.07) is 16.7. The molecule has 11 heteroatoms. The van der Waals surface area contributed by atoms with Gasteiger partial charge in [-0.25, -0.2) is 8.42 Å². The number of likely N-dealkylation sites (N-methyl/N-ethyl adjacent to an activating group) is 1. The van der Waals surface area contributed by atoms with E-state index in [1.807, 2.05) is 6.92 Å². The van der Waals surface area contributed by atoms with E-state index in [1.54, 1.807) is 43.3 Å². The lowest BCUT2D eigenvalue weighted by molar-refractivity contribution is -0.139. The van der Waals surface area contributed by atoms with Gasteiger partial charge in [-0.15, -0.1) is 0 Å². The van der Waals surface area contributed by atoms with Gasteiger partial charge in [0.2, 0.25) is 11.8 Å². The second kappa shape index (κ2) is 12.5. The Hall–Kier alpha value is -3.27. The van der Waals surface area contributed by atoms with Crippen molar-refractivity contribution in [1.82, 2.24) is 10.2 Å². The highest BCUT2D eigenvalue weighted by Gasteiger charge is 2.32. The lowest BCUT2D eigenvalue weighted by Gasteiger charge is -2.32. The van der Waals surface area contributed by atoms with Crippen LogP contribution in [0.3, 0.4) is 0 Å². The summed E-state index contributed by atoms with van der Waals surface area (Å²) < 4.78 is 33.8. The molecule has 0 unspecified atom stereocenters. The first-order valence-corrected chi connectivity index (χ1v) is 13.9. The van der Waals surface area contributed by atoms with E-state index in [9.17, 15) is 18.0 Å². The molecule has 0 bridgehead atoms. The van der Waals surface area contributed by atoms with Gasteiger partial charge in [-0.1, -0.05) is 53.0 Å². The molecule has 0 aliphatic carbocycles. The lowest BCUT2D eigenvalue weighted by atomic mass is 10.1. The Balaban J connectivity index is 2.07. The van der Waals surface area contributed by atoms with Crippen molar-refractivity contribution in [3.05, 3.63) is 87.9 Å². The van der Waals surface area contributed by atoms with Gasteiger partial charge in [0.05, 0.1) is 17.7 Å². The SMILES string of the molecule is CNC(=O)[C@H](C)N(Cc1cccc(OC)c1)C(=O)CN(c1cc(Cl)cc(Cl)c1)S(=O)(=O)c1ccc(C)cc1. The van der Waals surface area contributed by atoms with E-state index in [4.69, 9.17) is 27.9 Å². The Morgan fingerprint density at radius 3 is 2.21 bits per heavy atom. The second-order valence-electron chi connectivity index (χ2n) is 8.62. The number of methoxy groups -OCH3 is 1. The normalized spacial score (nSPS) is 11.9. The van der Waals surface area contributed by atoms with Crippen LogP contribution in [0.1, 0.15) is 18.1 Å². The van der Waals surface area contributed by atoms with Gasteiger partial charge >= 0.3 is 0 Å². The van der Waals surface area contributed by atoms with Crippen molar-refractivity contribution in [2.45, 2.75) is 31.3 Å². The zero-order chi connectivity index (χ0) is 28.0. The number of ether oxygens (including phenoxy) is 1. The number of aryl methyl sites for hydroxylation is 1. The molecule has 0 saturated heterocycles. The molecule has 0 saturated carbocycles. The molecular formula is C27H29Cl2N3O5S. The molecule has 2 amide bonds. The Labute approximate surface area is 233 Å². The van der Waals surface area contributed by atoms with Crippen molar-refractivity contribution < 1.29 is 22.7 Å². The van der Waals surface area contributed by atoms with Crippen LogP contribution >= 0.6 is 23.2 Å². The second-order valence-corrected chi connectivity index (χ2v) is 11.4. The first-order chi connectivity index (χ1) is 18.0. The van der Waals surface area contributed by atoms with Crippen LogP contribution in [0.4, 0.5) is 5.69 Å². The average Bonchev–Trinajstić information content (AvgIpc) is 2.89. The zero-order valence-corrected chi connectivity index (χ0v) is 23.8. The summed E-state index contributed by atoms with van der Waals surface area (Å²) in [6.45, 7) is 2.86. The molecule has 202 valence electrons. The van der Waals surface area contributed by atoms with E-state index < -0.39 is 34.4 Å². The van der Waals surface area contributed by atoms with Gasteiger partial charge in [0.15, 0.2) is 0 Å². The maximum absolute atomic E-state index is 13.8. The van der Waals surface area contributed by atoms with Crippen molar-refractivity contribution in [2.75, 3.05) is 25.0 Å². The first-order valence-electron chi connectivity index (χ1n) is 11.7. The van der Waals surface area contributed by atoms with Crippen molar-refractivity contribution in [1.29, 1.82) is 0 Å². The number of rotatable bonds is 10. The Kier molecular flexibility index (Phi) is 9.65. The molecule has 3 rings (SSSR count). The molecule has 3 aromatic rings. The minimum absolute atomic E-state index is 0.00862. The number of halogens is 2. The number of nitrogens with zero attached hydrogens (tertiary/aromatic N) is 2. The molecular weight excluding hydrogens is 549 g/mol. The molecule has 1 atom stereocenters. The molecule has 0 fully saturated rings. The monoisotopic (exact) mass is 577 g/mol. The molecule has 8 nitrogen and oxygen atoms in total. The fourth-order valence-electron chi connectivity index (χ4n) is 3.81. The molecule has 0 aromatic heterocycles. The Morgan fingerprint density at radius 2 is 1.63 bits per heavy atom. The molecule has 38 heavy (non-hydrogen) atoms. The molecule has 1 N–H and O–H groups in total. The summed E-state index contributed by atoms with van der Waals surface area (Å²) in [4.78, 5) is 27.7. The number of anilines is 1. The van der Waals surface area contributed by atoms with Crippen LogP contribution < -0.4 is 14.4 Å². The standard InChI is InChI=1S/C27H29Cl2N3O5S/c1-18-8-10-25(11-9-18)38(35,36)32(23-14-21(28)13-22(29)15-23)17-26(33)31(19(2)27(34)30-3)16-20-6-5-7-24(12-20)37-4/h5-15,19H,16-17H2,1-4H3,(H,30,34)/t19-/m0/s1. The predicted molar refractivity (Wildman–Crippen MR) is 149 cm³/mol. The molecule has 0 radical (unpaired) electrons. The van der Waals surface area contributed by atoms with Crippen LogP contribution in [0.5, 0.6) is 5.75 Å². The number of sulfonamides is 1. The maximum Gasteiger partial charge on any atom is 0.264 e. The lowest BCUT2D eigenvalue weighted by Crippen LogP contribution is -2.50. The maximum atomic E-state index is 13.8. The van der Waals surface area contributed by atoms with E-state index in [1.165, 1.54) is 49.4 Å². The smallest absolute Gasteiger partial charge is 0.264 e. The topological polar surface area (TPSA) is 96.0 Å². The molecule has 0 heterocycles. The molecule has 0 spiro atoms. The van der Waals surface area contributed by atoms with E-state index in [2.05, 4.69) is 5.32 Å². The van der Waals surface area contributed by atoms with Gasteiger partial charge < -0.3 is 15.0 Å². The number of carbonyl (C=O) groups excluding carboxylic acids is 2. The summed E-state index contributed by atoms with van der Waals surface area (Å²) in [5.74, 6) is -0.421. The highest BCUT2D eigenvalue weighted by atomic mass is 35.5. The van der Waals surface area contributed by atoms with Gasteiger partial charge in [-0.3, -0.25) is 13.9 Å². The largest absolute Gasteiger partial charge is 0.497 e. The van der Waals surface area contributed by atoms with Crippen molar-refractivity contribution in [3.8, 4) is 5.75 Å². The quantitative estimate of drug-likeness (QED) is 0.378. The summed E-state index contributed by atoms with van der Waals surface area (Å²) >= 11 is 12.4. The van der Waals surface area contributed by atoms with Crippen LogP contribution in [0.15, 0.2) is 71.6 Å². The van der Waals surface area contributed by atoms with Crippen LogP contribution in [0, 0.1) is 6.92 Å². The number of nitrogens with one attached hydrogen (secondary N) is 1. The highest BCUT2D eigenvalue weighted by molar-refractivity contribution is 7.92. The first kappa shape index (κ1) is 29.3. The minimum Gasteiger partial charge on any atom is -0.497 e. The third kappa shape index (κ3) is 6.98.